The molecule has 0 radical (unpaired) electrons. The van der Waals surface area contributed by atoms with E-state index < -0.39 is 0 Å². The van der Waals surface area contributed by atoms with Crippen LogP contribution in [0.4, 0.5) is 0 Å². The molecule has 0 atom stereocenters. The summed E-state index contributed by atoms with van der Waals surface area (Å²) in [6.45, 7) is 0. The Morgan fingerprint density at radius 1 is 1.06 bits per heavy atom. The summed E-state index contributed by atoms with van der Waals surface area (Å²) >= 11 is 2.09. The molecule has 2 N–H and O–H groups in total. The highest BCUT2D eigenvalue weighted by Crippen LogP contribution is 2.65. The fourth-order valence-corrected chi connectivity index (χ4v) is 5.06. The maximum Gasteiger partial charge on any atom is 0.0261 e. The molecule has 3 aliphatic carbocycles. The summed E-state index contributed by atoms with van der Waals surface area (Å²) in [7, 11) is 0. The Kier molecular flexibility index (Phi) is 1.76. The largest absolute Gasteiger partial charge is 0.324 e. The molecule has 86 valence electrons. The first-order chi connectivity index (χ1) is 7.74. The van der Waals surface area contributed by atoms with Gasteiger partial charge in [-0.2, -0.15) is 0 Å². The Morgan fingerprint density at radius 2 is 1.81 bits per heavy atom. The lowest BCUT2D eigenvalue weighted by Crippen LogP contribution is -2.36. The van der Waals surface area contributed by atoms with E-state index in [9.17, 15) is 0 Å². The van der Waals surface area contributed by atoms with Gasteiger partial charge in [-0.15, -0.1) is 11.3 Å². The summed E-state index contributed by atoms with van der Waals surface area (Å²) in [6, 6.07) is 2.51. The van der Waals surface area contributed by atoms with E-state index in [0.717, 1.165) is 0 Å². The van der Waals surface area contributed by atoms with E-state index in [2.05, 4.69) is 17.4 Å². The van der Waals surface area contributed by atoms with Gasteiger partial charge in [-0.3, -0.25) is 0 Å². The molecule has 0 amide bonds. The van der Waals surface area contributed by atoms with Crippen molar-refractivity contribution in [3.05, 3.63) is 21.4 Å². The maximum atomic E-state index is 6.48. The van der Waals surface area contributed by atoms with Crippen LogP contribution in [0.15, 0.2) is 6.07 Å². The molecule has 0 unspecified atom stereocenters. The average molecular weight is 233 g/mol. The van der Waals surface area contributed by atoms with E-state index in [1.807, 2.05) is 0 Å². The standard InChI is InChI=1S/C14H19NS/c15-14(7-8-14)13(5-6-13)12-9-10-3-1-2-4-11(10)16-12/h9H,1-8,15H2. The molecule has 0 saturated heterocycles. The highest BCUT2D eigenvalue weighted by molar-refractivity contribution is 7.12. The minimum atomic E-state index is 0.195. The first-order valence-corrected chi connectivity index (χ1v) is 7.46. The van der Waals surface area contributed by atoms with Gasteiger partial charge in [-0.05, 0) is 63.0 Å². The molecular weight excluding hydrogens is 214 g/mol. The van der Waals surface area contributed by atoms with Crippen LogP contribution in [0.1, 0.15) is 53.8 Å². The fraction of sp³-hybridized carbons (Fsp3) is 0.714. The van der Waals surface area contributed by atoms with E-state index >= 15 is 0 Å². The lowest BCUT2D eigenvalue weighted by Gasteiger charge is -2.21. The predicted molar refractivity (Wildman–Crippen MR) is 68.0 cm³/mol. The number of nitrogens with two attached hydrogens (primary N) is 1. The molecule has 16 heavy (non-hydrogen) atoms. The van der Waals surface area contributed by atoms with Crippen molar-refractivity contribution in [2.24, 2.45) is 5.73 Å². The molecule has 0 bridgehead atoms. The van der Waals surface area contributed by atoms with Crippen molar-refractivity contribution in [3.63, 3.8) is 0 Å². The van der Waals surface area contributed by atoms with Gasteiger partial charge in [0.1, 0.15) is 0 Å². The molecule has 1 aromatic heterocycles. The first-order valence-electron chi connectivity index (χ1n) is 6.65. The van der Waals surface area contributed by atoms with Gasteiger partial charge in [0.2, 0.25) is 0 Å². The number of thiophene rings is 1. The van der Waals surface area contributed by atoms with Crippen molar-refractivity contribution < 1.29 is 0 Å². The second kappa shape index (κ2) is 2.91. The SMILES string of the molecule is NC1(C2(c3cc4c(s3)CCCC4)CC2)CC1. The Bertz CT molecular complexity index is 414. The maximum absolute atomic E-state index is 6.48. The van der Waals surface area contributed by atoms with E-state index in [-0.39, 0.29) is 5.54 Å². The molecule has 1 aromatic rings. The van der Waals surface area contributed by atoms with E-state index in [0.29, 0.717) is 5.41 Å². The molecule has 0 aromatic carbocycles. The van der Waals surface area contributed by atoms with Gasteiger partial charge < -0.3 is 5.73 Å². The van der Waals surface area contributed by atoms with Gasteiger partial charge >= 0.3 is 0 Å². The molecule has 0 aliphatic heterocycles. The lowest BCUT2D eigenvalue weighted by atomic mass is 9.91. The van der Waals surface area contributed by atoms with E-state index in [1.165, 1.54) is 51.4 Å². The Morgan fingerprint density at radius 3 is 2.44 bits per heavy atom. The highest BCUT2D eigenvalue weighted by atomic mass is 32.1. The molecule has 0 spiro atoms. The molecule has 2 saturated carbocycles. The smallest absolute Gasteiger partial charge is 0.0261 e. The van der Waals surface area contributed by atoms with Crippen molar-refractivity contribution in [1.29, 1.82) is 0 Å². The molecular formula is C14H19NS. The van der Waals surface area contributed by atoms with Gasteiger partial charge in [0, 0.05) is 20.7 Å². The predicted octanol–water partition coefficient (Wildman–Crippen LogP) is 3.15. The van der Waals surface area contributed by atoms with Crippen LogP contribution < -0.4 is 5.73 Å². The normalized spacial score (nSPS) is 28.6. The second-order valence-electron chi connectivity index (χ2n) is 6.00. The van der Waals surface area contributed by atoms with Gasteiger partial charge in [0.15, 0.2) is 0 Å². The molecule has 1 nitrogen and oxygen atoms in total. The third-order valence-electron chi connectivity index (χ3n) is 4.96. The van der Waals surface area contributed by atoms with Crippen LogP contribution in [0.5, 0.6) is 0 Å². The summed E-state index contributed by atoms with van der Waals surface area (Å²) < 4.78 is 0. The van der Waals surface area contributed by atoms with Gasteiger partial charge in [-0.1, -0.05) is 0 Å². The third-order valence-corrected chi connectivity index (χ3v) is 6.40. The summed E-state index contributed by atoms with van der Waals surface area (Å²) in [5, 5.41) is 0. The zero-order chi connectivity index (χ0) is 10.8. The Hall–Kier alpha value is -0.340. The molecule has 1 heterocycles. The van der Waals surface area contributed by atoms with Crippen LogP contribution in [0.3, 0.4) is 0 Å². The molecule has 4 rings (SSSR count). The van der Waals surface area contributed by atoms with Crippen molar-refractivity contribution in [2.45, 2.75) is 62.3 Å². The number of rotatable bonds is 2. The van der Waals surface area contributed by atoms with Gasteiger partial charge in [0.25, 0.3) is 0 Å². The van der Waals surface area contributed by atoms with Gasteiger partial charge in [0.05, 0.1) is 0 Å². The van der Waals surface area contributed by atoms with Crippen molar-refractivity contribution in [2.75, 3.05) is 0 Å². The van der Waals surface area contributed by atoms with E-state index in [1.54, 1.807) is 15.3 Å². The van der Waals surface area contributed by atoms with Crippen LogP contribution >= 0.6 is 11.3 Å². The summed E-state index contributed by atoms with van der Waals surface area (Å²) in [4.78, 5) is 3.32. The topological polar surface area (TPSA) is 26.0 Å². The lowest BCUT2D eigenvalue weighted by molar-refractivity contribution is 0.511. The van der Waals surface area contributed by atoms with Gasteiger partial charge in [-0.25, -0.2) is 0 Å². The second-order valence-corrected chi connectivity index (χ2v) is 7.14. The van der Waals surface area contributed by atoms with Crippen molar-refractivity contribution >= 4 is 11.3 Å². The van der Waals surface area contributed by atoms with Crippen LogP contribution in [-0.2, 0) is 18.3 Å². The summed E-state index contributed by atoms with van der Waals surface area (Å²) in [5.74, 6) is 0. The minimum absolute atomic E-state index is 0.195. The van der Waals surface area contributed by atoms with E-state index in [4.69, 9.17) is 5.73 Å². The minimum Gasteiger partial charge on any atom is -0.324 e. The van der Waals surface area contributed by atoms with Crippen molar-refractivity contribution in [1.82, 2.24) is 0 Å². The molecule has 2 heteroatoms. The third kappa shape index (κ3) is 1.15. The van der Waals surface area contributed by atoms with Crippen LogP contribution in [-0.4, -0.2) is 5.54 Å². The average Bonchev–Trinajstić information content (AvgIpc) is 3.18. The zero-order valence-electron chi connectivity index (χ0n) is 9.72. The summed E-state index contributed by atoms with van der Waals surface area (Å²) in [6.07, 6.45) is 10.7. The first kappa shape index (κ1) is 9.67. The number of hydrogen-bond acceptors (Lipinski definition) is 2. The number of hydrogen-bond donors (Lipinski definition) is 1. The van der Waals surface area contributed by atoms with Crippen LogP contribution in [0.2, 0.25) is 0 Å². The van der Waals surface area contributed by atoms with Crippen molar-refractivity contribution in [3.8, 4) is 0 Å². The molecule has 3 aliphatic rings. The summed E-state index contributed by atoms with van der Waals surface area (Å²) in [5.41, 5.74) is 8.76. The zero-order valence-corrected chi connectivity index (χ0v) is 10.5. The highest BCUT2D eigenvalue weighted by Gasteiger charge is 2.64. The quantitative estimate of drug-likeness (QED) is 0.834. The van der Waals surface area contributed by atoms with Crippen LogP contribution in [0.25, 0.3) is 0 Å². The number of fused-ring (bicyclic) bond motifs is 1. The Labute approximate surface area is 101 Å². The fourth-order valence-electron chi connectivity index (χ4n) is 3.45. The Balaban J connectivity index is 1.75. The van der Waals surface area contributed by atoms with Crippen LogP contribution in [0, 0.1) is 0 Å². The molecule has 2 fully saturated rings. The monoisotopic (exact) mass is 233 g/mol. The number of aryl methyl sites for hydroxylation is 2.